The van der Waals surface area contributed by atoms with Crippen molar-refractivity contribution in [1.82, 2.24) is 0 Å². The first-order valence-corrected chi connectivity index (χ1v) is 1.60. The van der Waals surface area contributed by atoms with Crippen LogP contribution in [0.4, 0.5) is 0 Å². The van der Waals surface area contributed by atoms with Gasteiger partial charge >= 0.3 is 0 Å². The number of rotatable bonds is 0. The zero-order valence-corrected chi connectivity index (χ0v) is 4.11. The molecule has 0 aromatic carbocycles. The average Bonchev–Trinajstić information content (AvgIpc) is 0.918. The molecule has 0 radical (unpaired) electrons. The van der Waals surface area contributed by atoms with Crippen LogP contribution in [0.3, 0.4) is 0 Å². The maximum atomic E-state index is 4.76. The zero-order valence-electron chi connectivity index (χ0n) is 1.84. The van der Waals surface area contributed by atoms with E-state index in [1.165, 1.54) is 0 Å². The molecular formula is CH2Cl3-. The van der Waals surface area contributed by atoms with E-state index in [9.17, 15) is 0 Å². The van der Waals surface area contributed by atoms with E-state index < -0.39 is 0 Å². The van der Waals surface area contributed by atoms with Gasteiger partial charge in [0, 0.05) is 0 Å². The summed E-state index contributed by atoms with van der Waals surface area (Å²) < 4.78 is 0. The fourth-order valence-corrected chi connectivity index (χ4v) is 0. The summed E-state index contributed by atoms with van der Waals surface area (Å²) in [7, 11) is 0. The van der Waals surface area contributed by atoms with Crippen LogP contribution in [0.15, 0.2) is 0 Å². The van der Waals surface area contributed by atoms with Crippen molar-refractivity contribution in [3.63, 3.8) is 0 Å². The van der Waals surface area contributed by atoms with Crippen molar-refractivity contribution in [3.8, 4) is 0 Å². The Labute approximate surface area is 41.5 Å². The predicted octanol–water partition coefficient (Wildman–Crippen LogP) is -1.57. The number of alkyl halides is 2. The minimum atomic E-state index is 0. The molecule has 0 fully saturated rings. The van der Waals surface area contributed by atoms with Gasteiger partial charge in [-0.05, 0) is 0 Å². The van der Waals surface area contributed by atoms with Crippen LogP contribution in [0.1, 0.15) is 0 Å². The lowest BCUT2D eigenvalue weighted by atomic mass is 11.9. The molecule has 0 aliphatic carbocycles. The summed E-state index contributed by atoms with van der Waals surface area (Å²) in [5, 5.41) is 0.194. The van der Waals surface area contributed by atoms with E-state index in [-0.39, 0.29) is 17.7 Å². The number of hydrogen-bond donors (Lipinski definition) is 0. The van der Waals surface area contributed by atoms with Gasteiger partial charge in [-0.1, -0.05) is 0 Å². The van der Waals surface area contributed by atoms with Gasteiger partial charge in [-0.2, -0.15) is 0 Å². The van der Waals surface area contributed by atoms with E-state index in [1.807, 2.05) is 0 Å². The lowest BCUT2D eigenvalue weighted by molar-refractivity contribution is -0.000000521. The highest BCUT2D eigenvalue weighted by molar-refractivity contribution is 6.40. The van der Waals surface area contributed by atoms with E-state index in [1.54, 1.807) is 0 Å². The summed E-state index contributed by atoms with van der Waals surface area (Å²) in [5.74, 6) is 0. The molecule has 0 N–H and O–H groups in total. The molecule has 0 aromatic heterocycles. The molecule has 0 aliphatic heterocycles. The van der Waals surface area contributed by atoms with Crippen LogP contribution in [0.25, 0.3) is 0 Å². The molecule has 0 spiro atoms. The second kappa shape index (κ2) is 9.12. The van der Waals surface area contributed by atoms with Gasteiger partial charge in [0.1, 0.15) is 0 Å². The molecule has 4 heavy (non-hydrogen) atoms. The van der Waals surface area contributed by atoms with E-state index in [0.29, 0.717) is 0 Å². The zero-order chi connectivity index (χ0) is 2.71. The molecule has 0 heterocycles. The van der Waals surface area contributed by atoms with Crippen molar-refractivity contribution >= 4 is 23.2 Å². The minimum absolute atomic E-state index is 0. The van der Waals surface area contributed by atoms with E-state index >= 15 is 0 Å². The molecule has 0 aromatic rings. The highest BCUT2D eigenvalue weighted by Gasteiger charge is 1.41. The van der Waals surface area contributed by atoms with Gasteiger partial charge in [-0.3, -0.25) is 0 Å². The van der Waals surface area contributed by atoms with Gasteiger partial charge in [0.05, 0.1) is 5.34 Å². The summed E-state index contributed by atoms with van der Waals surface area (Å²) in [6.45, 7) is 0. The Morgan fingerprint density at radius 3 is 1.25 bits per heavy atom. The van der Waals surface area contributed by atoms with E-state index in [4.69, 9.17) is 23.2 Å². The number of halogens is 3. The van der Waals surface area contributed by atoms with Gasteiger partial charge in [-0.25, -0.2) is 0 Å². The van der Waals surface area contributed by atoms with Crippen molar-refractivity contribution < 1.29 is 12.4 Å². The van der Waals surface area contributed by atoms with Crippen molar-refractivity contribution in [1.29, 1.82) is 0 Å². The van der Waals surface area contributed by atoms with Crippen LogP contribution in [0.2, 0.25) is 0 Å². The Bertz CT molecular complexity index is 3.25. The van der Waals surface area contributed by atoms with Crippen LogP contribution in [-0.4, -0.2) is 5.34 Å². The van der Waals surface area contributed by atoms with Crippen molar-refractivity contribution in [3.05, 3.63) is 0 Å². The third-order valence-electron chi connectivity index (χ3n) is 0. The van der Waals surface area contributed by atoms with Crippen molar-refractivity contribution in [2.24, 2.45) is 0 Å². The monoisotopic (exact) mass is 119 g/mol. The maximum absolute atomic E-state index is 4.76. The molecule has 0 aliphatic rings. The minimum Gasteiger partial charge on any atom is -1.00 e. The molecule has 3 heteroatoms. The largest absolute Gasteiger partial charge is 1.00 e. The first-order valence-electron chi connectivity index (χ1n) is 0.535. The molecule has 0 unspecified atom stereocenters. The van der Waals surface area contributed by atoms with Crippen LogP contribution >= 0.6 is 23.2 Å². The highest BCUT2D eigenvalue weighted by Crippen LogP contribution is 1.73. The Kier molecular flexibility index (Phi) is 20.2. The predicted molar refractivity (Wildman–Crippen MR) is 16.6 cm³/mol. The molecule has 0 nitrogen and oxygen atoms in total. The maximum Gasteiger partial charge on any atom is 0.0967 e. The quantitative estimate of drug-likeness (QED) is 0.339. The molecule has 0 rings (SSSR count). The van der Waals surface area contributed by atoms with E-state index in [2.05, 4.69) is 0 Å². The lowest BCUT2D eigenvalue weighted by Gasteiger charge is -1.42. The molecular weight excluding hydrogens is 118 g/mol. The first-order chi connectivity index (χ1) is 1.41. The Morgan fingerprint density at radius 2 is 1.25 bits per heavy atom. The molecule has 28 valence electrons. The summed E-state index contributed by atoms with van der Waals surface area (Å²) in [6.07, 6.45) is 0. The number of hydrogen-bond acceptors (Lipinski definition) is 0. The molecule has 0 bridgehead atoms. The Morgan fingerprint density at radius 1 is 1.25 bits per heavy atom. The summed E-state index contributed by atoms with van der Waals surface area (Å²) in [6, 6.07) is 0. The summed E-state index contributed by atoms with van der Waals surface area (Å²) in [4.78, 5) is 0. The topological polar surface area (TPSA) is 0 Å². The lowest BCUT2D eigenvalue weighted by Crippen LogP contribution is -3.00. The van der Waals surface area contributed by atoms with Gasteiger partial charge < -0.3 is 12.4 Å². The van der Waals surface area contributed by atoms with Gasteiger partial charge in [-0.15, -0.1) is 23.2 Å². The van der Waals surface area contributed by atoms with Gasteiger partial charge in [0.25, 0.3) is 0 Å². The Balaban J connectivity index is 0. The normalized spacial score (nSPS) is 4.50. The van der Waals surface area contributed by atoms with Crippen molar-refractivity contribution in [2.75, 3.05) is 5.34 Å². The van der Waals surface area contributed by atoms with Crippen LogP contribution in [0, 0.1) is 0 Å². The van der Waals surface area contributed by atoms with Crippen LogP contribution in [-0.2, 0) is 0 Å². The smallest absolute Gasteiger partial charge is 0.0967 e. The van der Waals surface area contributed by atoms with Gasteiger partial charge in [0.15, 0.2) is 0 Å². The van der Waals surface area contributed by atoms with Crippen molar-refractivity contribution in [2.45, 2.75) is 0 Å². The standard InChI is InChI=1S/CH2Cl2.ClH/c2-1-3;/h1H2;1H/p-1. The molecule has 0 saturated carbocycles. The Hall–Kier alpha value is 0.870. The highest BCUT2D eigenvalue weighted by atomic mass is 35.5. The van der Waals surface area contributed by atoms with Crippen LogP contribution in [0.5, 0.6) is 0 Å². The molecule has 0 saturated heterocycles. The fourth-order valence-electron chi connectivity index (χ4n) is 0. The third-order valence-corrected chi connectivity index (χ3v) is 0. The average molecular weight is 120 g/mol. The summed E-state index contributed by atoms with van der Waals surface area (Å²) in [5.41, 5.74) is 0. The molecule has 0 atom stereocenters. The second-order valence-electron chi connectivity index (χ2n) is 0.101. The summed E-state index contributed by atoms with van der Waals surface area (Å²) >= 11 is 9.53. The SMILES string of the molecule is ClCCl.[Cl-]. The molecule has 0 amide bonds. The third kappa shape index (κ3) is 13.3. The van der Waals surface area contributed by atoms with E-state index in [0.717, 1.165) is 0 Å². The van der Waals surface area contributed by atoms with Gasteiger partial charge in [0.2, 0.25) is 0 Å². The fraction of sp³-hybridized carbons (Fsp3) is 1.00. The first kappa shape index (κ1) is 8.85. The second-order valence-corrected chi connectivity index (χ2v) is 0.909. The van der Waals surface area contributed by atoms with Crippen LogP contribution < -0.4 is 12.4 Å².